The molecule has 102 valence electrons. The maximum Gasteiger partial charge on any atom is 0.309 e. The van der Waals surface area contributed by atoms with Crippen LogP contribution in [0.25, 0.3) is 0 Å². The highest BCUT2D eigenvalue weighted by Gasteiger charge is 2.14. The van der Waals surface area contributed by atoms with Gasteiger partial charge in [-0.05, 0) is 5.92 Å². The molecule has 0 aromatic heterocycles. The van der Waals surface area contributed by atoms with Crippen LogP contribution in [0.5, 0.6) is 0 Å². The second-order valence-corrected chi connectivity index (χ2v) is 4.55. The second kappa shape index (κ2) is 8.40. The zero-order valence-electron chi connectivity index (χ0n) is 10.4. The fraction of sp³-hybridized carbons (Fsp3) is 0.600. The highest BCUT2D eigenvalue weighted by atomic mass is 32.1. The van der Waals surface area contributed by atoms with E-state index in [1.807, 2.05) is 13.8 Å². The van der Waals surface area contributed by atoms with E-state index in [1.165, 1.54) is 0 Å². The Balaban J connectivity index is 3.84. The summed E-state index contributed by atoms with van der Waals surface area (Å²) in [6.45, 7) is 4.11. The zero-order valence-corrected chi connectivity index (χ0v) is 11.2. The van der Waals surface area contributed by atoms with Crippen LogP contribution in [-0.4, -0.2) is 42.3 Å². The van der Waals surface area contributed by atoms with Crippen LogP contribution in [0.2, 0.25) is 0 Å². The van der Waals surface area contributed by atoms with Crippen LogP contribution < -0.4 is 21.7 Å². The third-order valence-electron chi connectivity index (χ3n) is 1.75. The van der Waals surface area contributed by atoms with Crippen molar-refractivity contribution in [1.29, 1.82) is 0 Å². The van der Waals surface area contributed by atoms with Crippen LogP contribution in [-0.2, 0) is 14.4 Å². The topological polar surface area (TPSA) is 113 Å². The Hall–Kier alpha value is -1.70. The molecular weight excluding hydrogens is 256 g/mol. The number of rotatable bonds is 6. The molecule has 0 aliphatic carbocycles. The number of amides is 3. The number of nitrogens with one attached hydrogen (secondary N) is 3. The lowest BCUT2D eigenvalue weighted by Crippen LogP contribution is -2.46. The van der Waals surface area contributed by atoms with Crippen molar-refractivity contribution in [2.75, 3.05) is 19.6 Å². The quantitative estimate of drug-likeness (QED) is 0.340. The zero-order chi connectivity index (χ0) is 14.1. The van der Waals surface area contributed by atoms with E-state index in [1.54, 1.807) is 0 Å². The van der Waals surface area contributed by atoms with Gasteiger partial charge in [-0.2, -0.15) is 0 Å². The minimum Gasteiger partial charge on any atom is -0.392 e. The summed E-state index contributed by atoms with van der Waals surface area (Å²) < 4.78 is 0. The first-order valence-electron chi connectivity index (χ1n) is 5.44. The van der Waals surface area contributed by atoms with Gasteiger partial charge in [0.1, 0.15) is 0 Å². The van der Waals surface area contributed by atoms with Crippen molar-refractivity contribution in [2.24, 2.45) is 11.7 Å². The maximum atomic E-state index is 11.2. The van der Waals surface area contributed by atoms with Crippen LogP contribution >= 0.6 is 12.2 Å². The summed E-state index contributed by atoms with van der Waals surface area (Å²) in [4.78, 5) is 33.7. The van der Waals surface area contributed by atoms with Gasteiger partial charge in [0.15, 0.2) is 0 Å². The molecule has 0 rings (SSSR count). The van der Waals surface area contributed by atoms with E-state index < -0.39 is 11.8 Å². The molecule has 0 saturated heterocycles. The Morgan fingerprint density at radius 1 is 1.06 bits per heavy atom. The summed E-state index contributed by atoms with van der Waals surface area (Å²) in [5.41, 5.74) is 5.15. The number of nitrogens with two attached hydrogens (primary N) is 1. The van der Waals surface area contributed by atoms with E-state index in [0.717, 1.165) is 0 Å². The molecule has 0 aromatic rings. The lowest BCUT2D eigenvalue weighted by molar-refractivity contribution is -0.139. The van der Waals surface area contributed by atoms with Crippen LogP contribution in [0.15, 0.2) is 0 Å². The van der Waals surface area contributed by atoms with Crippen molar-refractivity contribution < 1.29 is 14.4 Å². The minimum atomic E-state index is -0.897. The molecule has 0 spiro atoms. The highest BCUT2D eigenvalue weighted by molar-refractivity contribution is 7.80. The Labute approximate surface area is 111 Å². The molecule has 7 nitrogen and oxygen atoms in total. The summed E-state index contributed by atoms with van der Waals surface area (Å²) in [5, 5.41) is 6.99. The third kappa shape index (κ3) is 8.45. The maximum absolute atomic E-state index is 11.2. The summed E-state index contributed by atoms with van der Waals surface area (Å²) in [5.74, 6) is -1.80. The van der Waals surface area contributed by atoms with Gasteiger partial charge in [-0.15, -0.1) is 0 Å². The highest BCUT2D eigenvalue weighted by Crippen LogP contribution is 1.86. The molecule has 8 heteroatoms. The molecule has 0 aliphatic heterocycles. The van der Waals surface area contributed by atoms with E-state index in [2.05, 4.69) is 28.2 Å². The normalized spacial score (nSPS) is 9.72. The third-order valence-corrected chi connectivity index (χ3v) is 1.89. The molecule has 0 heterocycles. The van der Waals surface area contributed by atoms with E-state index in [-0.39, 0.29) is 24.0 Å². The van der Waals surface area contributed by atoms with Gasteiger partial charge < -0.3 is 21.7 Å². The lowest BCUT2D eigenvalue weighted by atomic mass is 10.2. The lowest BCUT2D eigenvalue weighted by Gasteiger charge is -2.08. The van der Waals surface area contributed by atoms with Gasteiger partial charge in [0, 0.05) is 6.54 Å². The molecule has 0 atom stereocenters. The summed E-state index contributed by atoms with van der Waals surface area (Å²) in [6.07, 6.45) is 0. The standard InChI is InChI=1S/C10H18N4O3S/c1-6(2)3-12-8(15)5-14-10(17)9(16)13-4-7(11)18/h6H,3-5H2,1-2H3,(H2,11,18)(H,12,15)(H,13,16)(H,14,17). The van der Waals surface area contributed by atoms with E-state index >= 15 is 0 Å². The van der Waals surface area contributed by atoms with Gasteiger partial charge in [-0.3, -0.25) is 14.4 Å². The Bertz CT molecular complexity index is 344. The van der Waals surface area contributed by atoms with E-state index in [4.69, 9.17) is 5.73 Å². The largest absolute Gasteiger partial charge is 0.392 e. The van der Waals surface area contributed by atoms with Gasteiger partial charge in [-0.1, -0.05) is 26.1 Å². The van der Waals surface area contributed by atoms with E-state index in [0.29, 0.717) is 12.5 Å². The van der Waals surface area contributed by atoms with Crippen LogP contribution in [0.1, 0.15) is 13.8 Å². The molecule has 18 heavy (non-hydrogen) atoms. The second-order valence-electron chi connectivity index (χ2n) is 4.03. The van der Waals surface area contributed by atoms with Crippen molar-refractivity contribution in [1.82, 2.24) is 16.0 Å². The van der Waals surface area contributed by atoms with Crippen molar-refractivity contribution >= 4 is 34.9 Å². The predicted molar refractivity (Wildman–Crippen MR) is 70.7 cm³/mol. The average molecular weight is 274 g/mol. The monoisotopic (exact) mass is 274 g/mol. The Morgan fingerprint density at radius 3 is 2.00 bits per heavy atom. The first kappa shape index (κ1) is 16.3. The average Bonchev–Trinajstić information content (AvgIpc) is 2.30. The SMILES string of the molecule is CC(C)CNC(=O)CNC(=O)C(=O)NCC(N)=S. The number of hydrogen-bond donors (Lipinski definition) is 4. The van der Waals surface area contributed by atoms with Crippen LogP contribution in [0, 0.1) is 5.92 Å². The molecule has 0 aliphatic rings. The molecule has 0 radical (unpaired) electrons. The predicted octanol–water partition coefficient (Wildman–Crippen LogP) is -1.72. The van der Waals surface area contributed by atoms with Crippen molar-refractivity contribution in [3.8, 4) is 0 Å². The number of carbonyl (C=O) groups is 3. The number of carbonyl (C=O) groups excluding carboxylic acids is 3. The Morgan fingerprint density at radius 2 is 1.56 bits per heavy atom. The molecular formula is C10H18N4O3S. The molecule has 0 aromatic carbocycles. The molecule has 3 amide bonds. The van der Waals surface area contributed by atoms with Gasteiger partial charge in [0.2, 0.25) is 5.91 Å². The summed E-state index contributed by atoms with van der Waals surface area (Å²) >= 11 is 4.53. The Kier molecular flexibility index (Phi) is 7.61. The summed E-state index contributed by atoms with van der Waals surface area (Å²) in [7, 11) is 0. The first-order chi connectivity index (χ1) is 8.32. The summed E-state index contributed by atoms with van der Waals surface area (Å²) in [6, 6.07) is 0. The number of hydrogen-bond acceptors (Lipinski definition) is 4. The molecule has 0 fully saturated rings. The molecule has 0 bridgehead atoms. The van der Waals surface area contributed by atoms with Gasteiger partial charge in [0.25, 0.3) is 0 Å². The van der Waals surface area contributed by atoms with Gasteiger partial charge in [0.05, 0.1) is 18.1 Å². The number of thiocarbonyl (C=S) groups is 1. The fourth-order valence-electron chi connectivity index (χ4n) is 0.869. The molecule has 5 N–H and O–H groups in total. The van der Waals surface area contributed by atoms with Crippen molar-refractivity contribution in [3.05, 3.63) is 0 Å². The van der Waals surface area contributed by atoms with Gasteiger partial charge >= 0.3 is 11.8 Å². The molecule has 0 saturated carbocycles. The van der Waals surface area contributed by atoms with Gasteiger partial charge in [-0.25, -0.2) is 0 Å². The first-order valence-corrected chi connectivity index (χ1v) is 5.84. The van der Waals surface area contributed by atoms with Crippen LogP contribution in [0.3, 0.4) is 0 Å². The minimum absolute atomic E-state index is 0.0544. The smallest absolute Gasteiger partial charge is 0.309 e. The van der Waals surface area contributed by atoms with Crippen LogP contribution in [0.4, 0.5) is 0 Å². The molecule has 0 unspecified atom stereocenters. The van der Waals surface area contributed by atoms with Crippen molar-refractivity contribution in [3.63, 3.8) is 0 Å². The van der Waals surface area contributed by atoms with Crippen molar-refractivity contribution in [2.45, 2.75) is 13.8 Å². The fourth-order valence-corrected chi connectivity index (χ4v) is 0.941. The van der Waals surface area contributed by atoms with E-state index in [9.17, 15) is 14.4 Å².